The molecule has 2 aliphatic rings. The van der Waals surface area contributed by atoms with Crippen LogP contribution in [0.1, 0.15) is 43.7 Å². The second-order valence-corrected chi connectivity index (χ2v) is 8.20. The van der Waals surface area contributed by atoms with Crippen molar-refractivity contribution in [2.75, 3.05) is 66.1 Å². The molecule has 2 N–H and O–H groups in total. The average Bonchev–Trinajstić information content (AvgIpc) is 3.06. The number of nitrogens with one attached hydrogen (secondary N) is 2. The number of ether oxygens (including phenoxy) is 1. The van der Waals surface area contributed by atoms with Gasteiger partial charge >= 0.3 is 0 Å². The minimum absolute atomic E-state index is 0.158. The van der Waals surface area contributed by atoms with Crippen LogP contribution in [-0.4, -0.2) is 81.8 Å². The second-order valence-electron chi connectivity index (χ2n) is 8.20. The third kappa shape index (κ3) is 7.52. The van der Waals surface area contributed by atoms with E-state index in [1.165, 1.54) is 38.8 Å². The van der Waals surface area contributed by atoms with Gasteiger partial charge in [-0.2, -0.15) is 0 Å². The molecular weight excluding hydrogens is 381 g/mol. The molecule has 0 bridgehead atoms. The lowest BCUT2D eigenvalue weighted by molar-refractivity contribution is 0.0170. The van der Waals surface area contributed by atoms with Crippen molar-refractivity contribution in [1.29, 1.82) is 0 Å². The highest BCUT2D eigenvalue weighted by atomic mass is 19.1. The smallest absolute Gasteiger partial charge is 0.191 e. The molecule has 2 heterocycles. The Balaban J connectivity index is 1.46. The number of halogens is 1. The van der Waals surface area contributed by atoms with E-state index in [4.69, 9.17) is 4.74 Å². The number of morpholine rings is 1. The molecule has 1 unspecified atom stereocenters. The Kier molecular flexibility index (Phi) is 9.86. The zero-order chi connectivity index (χ0) is 21.0. The van der Waals surface area contributed by atoms with Gasteiger partial charge in [0.25, 0.3) is 0 Å². The fourth-order valence-corrected chi connectivity index (χ4v) is 4.32. The van der Waals surface area contributed by atoms with Gasteiger partial charge in [-0.1, -0.05) is 25.0 Å². The summed E-state index contributed by atoms with van der Waals surface area (Å²) in [5.41, 5.74) is 1.11. The Bertz CT molecular complexity index is 625. The highest BCUT2D eigenvalue weighted by Crippen LogP contribution is 2.21. The van der Waals surface area contributed by atoms with Crippen LogP contribution in [0.2, 0.25) is 0 Å². The van der Waals surface area contributed by atoms with E-state index < -0.39 is 0 Å². The van der Waals surface area contributed by atoms with E-state index in [1.54, 1.807) is 12.1 Å². The average molecular weight is 420 g/mol. The summed E-state index contributed by atoms with van der Waals surface area (Å²) in [4.78, 5) is 9.38. The van der Waals surface area contributed by atoms with E-state index in [9.17, 15) is 4.39 Å². The molecule has 2 saturated heterocycles. The first-order valence-electron chi connectivity index (χ1n) is 11.5. The van der Waals surface area contributed by atoms with E-state index in [0.29, 0.717) is 0 Å². The van der Waals surface area contributed by atoms with Gasteiger partial charge in [0.15, 0.2) is 5.96 Å². The first-order valence-corrected chi connectivity index (χ1v) is 11.5. The van der Waals surface area contributed by atoms with Crippen molar-refractivity contribution < 1.29 is 9.13 Å². The second kappa shape index (κ2) is 12.9. The van der Waals surface area contributed by atoms with Gasteiger partial charge < -0.3 is 20.3 Å². The summed E-state index contributed by atoms with van der Waals surface area (Å²) in [6.07, 6.45) is 6.55. The van der Waals surface area contributed by atoms with Crippen LogP contribution in [0.5, 0.6) is 0 Å². The third-order valence-electron chi connectivity index (χ3n) is 6.07. The Morgan fingerprint density at radius 3 is 2.40 bits per heavy atom. The molecule has 168 valence electrons. The lowest BCUT2D eigenvalue weighted by Crippen LogP contribution is -2.46. The summed E-state index contributed by atoms with van der Waals surface area (Å²) >= 11 is 0. The largest absolute Gasteiger partial charge is 0.379 e. The lowest BCUT2D eigenvalue weighted by atomic mass is 10.0. The van der Waals surface area contributed by atoms with Crippen LogP contribution in [0.15, 0.2) is 29.3 Å². The Morgan fingerprint density at radius 1 is 1.03 bits per heavy atom. The van der Waals surface area contributed by atoms with Crippen molar-refractivity contribution >= 4 is 5.96 Å². The van der Waals surface area contributed by atoms with Crippen molar-refractivity contribution in [3.05, 3.63) is 35.6 Å². The summed E-state index contributed by atoms with van der Waals surface area (Å²) in [7, 11) is 1.81. The Labute approximate surface area is 180 Å². The van der Waals surface area contributed by atoms with Crippen LogP contribution in [-0.2, 0) is 4.74 Å². The van der Waals surface area contributed by atoms with Crippen LogP contribution >= 0.6 is 0 Å². The van der Waals surface area contributed by atoms with Crippen LogP contribution in [0.3, 0.4) is 0 Å². The van der Waals surface area contributed by atoms with Gasteiger partial charge in [-0.15, -0.1) is 0 Å². The molecule has 0 aromatic heterocycles. The molecule has 0 aliphatic carbocycles. The number of likely N-dealkylation sites (tertiary alicyclic amines) is 1. The number of hydrogen-bond donors (Lipinski definition) is 2. The summed E-state index contributed by atoms with van der Waals surface area (Å²) < 4.78 is 18.9. The molecule has 0 spiro atoms. The van der Waals surface area contributed by atoms with Gasteiger partial charge in [-0.25, -0.2) is 4.39 Å². The maximum absolute atomic E-state index is 13.4. The maximum atomic E-state index is 13.4. The number of nitrogens with zero attached hydrogens (tertiary/aromatic N) is 3. The van der Waals surface area contributed by atoms with Crippen molar-refractivity contribution in [3.8, 4) is 0 Å². The summed E-state index contributed by atoms with van der Waals surface area (Å²) in [6, 6.07) is 7.01. The van der Waals surface area contributed by atoms with E-state index >= 15 is 0 Å². The number of benzene rings is 1. The molecule has 7 heteroatoms. The fourth-order valence-electron chi connectivity index (χ4n) is 4.32. The summed E-state index contributed by atoms with van der Waals surface area (Å²) in [5.74, 6) is 0.626. The van der Waals surface area contributed by atoms with Gasteiger partial charge in [-0.3, -0.25) is 9.89 Å². The quantitative estimate of drug-likeness (QED) is 0.385. The van der Waals surface area contributed by atoms with Crippen LogP contribution in [0, 0.1) is 5.82 Å². The monoisotopic (exact) mass is 419 g/mol. The molecule has 2 aliphatic heterocycles. The highest BCUT2D eigenvalue weighted by Gasteiger charge is 2.23. The molecule has 3 rings (SSSR count). The van der Waals surface area contributed by atoms with E-state index in [0.717, 1.165) is 63.9 Å². The topological polar surface area (TPSA) is 52.1 Å². The molecule has 1 atom stereocenters. The van der Waals surface area contributed by atoms with Crippen molar-refractivity contribution in [3.63, 3.8) is 0 Å². The van der Waals surface area contributed by atoms with Crippen LogP contribution in [0.25, 0.3) is 0 Å². The van der Waals surface area contributed by atoms with E-state index in [-0.39, 0.29) is 11.9 Å². The molecule has 1 aromatic rings. The number of rotatable bonds is 8. The van der Waals surface area contributed by atoms with Crippen LogP contribution < -0.4 is 10.6 Å². The maximum Gasteiger partial charge on any atom is 0.191 e. The number of guanidine groups is 1. The number of hydrogen-bond acceptors (Lipinski definition) is 4. The zero-order valence-corrected chi connectivity index (χ0v) is 18.4. The van der Waals surface area contributed by atoms with Crippen LogP contribution in [0.4, 0.5) is 4.39 Å². The molecular formula is C23H38FN5O. The molecule has 2 fully saturated rings. The standard InChI is InChI=1S/C23H38FN5O/c1-25-23(26-11-6-14-28-12-4-2-3-5-13-28)27-19-22(29-15-17-30-18-16-29)20-7-9-21(24)10-8-20/h7-10,22H,2-6,11-19H2,1H3,(H2,25,26,27). The SMILES string of the molecule is CN=C(NCCCN1CCCCCC1)NCC(c1ccc(F)cc1)N1CCOCC1. The molecule has 0 saturated carbocycles. The normalized spacial score (nSPS) is 20.5. The predicted octanol–water partition coefficient (Wildman–Crippen LogP) is 2.63. The van der Waals surface area contributed by atoms with Crippen molar-refractivity contribution in [2.24, 2.45) is 4.99 Å². The first kappa shape index (κ1) is 23.0. The summed E-state index contributed by atoms with van der Waals surface area (Å²) in [6.45, 7) is 8.50. The van der Waals surface area contributed by atoms with Gasteiger partial charge in [0, 0.05) is 33.2 Å². The minimum Gasteiger partial charge on any atom is -0.379 e. The Morgan fingerprint density at radius 2 is 1.73 bits per heavy atom. The van der Waals surface area contributed by atoms with E-state index in [1.807, 2.05) is 19.2 Å². The van der Waals surface area contributed by atoms with E-state index in [2.05, 4.69) is 25.4 Å². The van der Waals surface area contributed by atoms with Gasteiger partial charge in [-0.05, 0) is 56.6 Å². The van der Waals surface area contributed by atoms with Crippen molar-refractivity contribution in [1.82, 2.24) is 20.4 Å². The molecule has 0 radical (unpaired) electrons. The predicted molar refractivity (Wildman–Crippen MR) is 120 cm³/mol. The van der Waals surface area contributed by atoms with Gasteiger partial charge in [0.2, 0.25) is 0 Å². The highest BCUT2D eigenvalue weighted by molar-refractivity contribution is 5.79. The first-order chi connectivity index (χ1) is 14.8. The summed E-state index contributed by atoms with van der Waals surface area (Å²) in [5, 5.41) is 6.93. The fraction of sp³-hybridized carbons (Fsp3) is 0.696. The third-order valence-corrected chi connectivity index (χ3v) is 6.07. The molecule has 1 aromatic carbocycles. The lowest BCUT2D eigenvalue weighted by Gasteiger charge is -2.35. The minimum atomic E-state index is -0.200. The zero-order valence-electron chi connectivity index (χ0n) is 18.4. The molecule has 0 amide bonds. The number of aliphatic imine (C=N–C) groups is 1. The van der Waals surface area contributed by atoms with Gasteiger partial charge in [0.1, 0.15) is 5.82 Å². The molecule has 6 nitrogen and oxygen atoms in total. The van der Waals surface area contributed by atoms with Crippen molar-refractivity contribution in [2.45, 2.75) is 38.1 Å². The molecule has 30 heavy (non-hydrogen) atoms. The van der Waals surface area contributed by atoms with Gasteiger partial charge in [0.05, 0.1) is 19.3 Å². The Hall–Kier alpha value is -1.70.